The summed E-state index contributed by atoms with van der Waals surface area (Å²) in [4.78, 5) is 0. The molecule has 0 aromatic carbocycles. The molecule has 40 valence electrons. The molecule has 0 radical (unpaired) electrons. The van der Waals surface area contributed by atoms with Crippen LogP contribution in [0.2, 0.25) is 0 Å². The van der Waals surface area contributed by atoms with Gasteiger partial charge in [-0.3, -0.25) is 0 Å². The van der Waals surface area contributed by atoms with Gasteiger partial charge >= 0.3 is 0 Å². The SMILES string of the molecule is CC1CCC=[N+]1[O-]. The van der Waals surface area contributed by atoms with Crippen LogP contribution >= 0.6 is 0 Å². The monoisotopic (exact) mass is 99.1 g/mol. The highest BCUT2D eigenvalue weighted by Crippen LogP contribution is 2.04. The summed E-state index contributed by atoms with van der Waals surface area (Å²) in [5, 5.41) is 10.4. The second-order valence-corrected chi connectivity index (χ2v) is 1.97. The summed E-state index contributed by atoms with van der Waals surface area (Å²) in [6.07, 6.45) is 3.69. The van der Waals surface area contributed by atoms with Crippen molar-refractivity contribution in [1.29, 1.82) is 0 Å². The molecule has 0 aliphatic carbocycles. The van der Waals surface area contributed by atoms with Gasteiger partial charge in [0.2, 0.25) is 0 Å². The van der Waals surface area contributed by atoms with Crippen molar-refractivity contribution in [3.05, 3.63) is 5.21 Å². The van der Waals surface area contributed by atoms with Gasteiger partial charge in [0.1, 0.15) is 0 Å². The molecule has 0 N–H and O–H groups in total. The van der Waals surface area contributed by atoms with E-state index in [1.807, 2.05) is 6.92 Å². The van der Waals surface area contributed by atoms with E-state index in [-0.39, 0.29) is 6.04 Å². The molecule has 2 heteroatoms. The molecule has 0 bridgehead atoms. The zero-order chi connectivity index (χ0) is 5.28. The summed E-state index contributed by atoms with van der Waals surface area (Å²) in [5.74, 6) is 0. The van der Waals surface area contributed by atoms with Crippen molar-refractivity contribution in [2.24, 2.45) is 0 Å². The Morgan fingerprint density at radius 3 is 2.71 bits per heavy atom. The average molecular weight is 99.1 g/mol. The van der Waals surface area contributed by atoms with E-state index in [4.69, 9.17) is 0 Å². The standard InChI is InChI=1S/C5H9NO/c1-5-3-2-4-6(5)7/h4-5H,2-3H2,1H3. The first-order valence-electron chi connectivity index (χ1n) is 2.59. The molecular weight excluding hydrogens is 90.1 g/mol. The van der Waals surface area contributed by atoms with Crippen LogP contribution < -0.4 is 0 Å². The van der Waals surface area contributed by atoms with Gasteiger partial charge in [0, 0.05) is 12.8 Å². The number of hydrogen-bond acceptors (Lipinski definition) is 1. The molecule has 1 unspecified atom stereocenters. The average Bonchev–Trinajstić information content (AvgIpc) is 1.91. The molecule has 0 saturated carbocycles. The van der Waals surface area contributed by atoms with Crippen LogP contribution in [-0.2, 0) is 0 Å². The second kappa shape index (κ2) is 1.52. The number of hydroxylamine groups is 1. The first-order valence-corrected chi connectivity index (χ1v) is 2.59. The fourth-order valence-corrected chi connectivity index (χ4v) is 0.750. The Balaban J connectivity index is 2.54. The Kier molecular flexibility index (Phi) is 1.01. The van der Waals surface area contributed by atoms with Gasteiger partial charge in [-0.05, 0) is 6.92 Å². The maximum atomic E-state index is 10.4. The number of nitrogens with zero attached hydrogens (tertiary/aromatic N) is 1. The van der Waals surface area contributed by atoms with Crippen molar-refractivity contribution >= 4 is 6.21 Å². The minimum absolute atomic E-state index is 0.236. The highest BCUT2D eigenvalue weighted by Gasteiger charge is 2.13. The summed E-state index contributed by atoms with van der Waals surface area (Å²) >= 11 is 0. The van der Waals surface area contributed by atoms with E-state index in [0.29, 0.717) is 0 Å². The zero-order valence-electron chi connectivity index (χ0n) is 4.42. The number of hydrogen-bond donors (Lipinski definition) is 0. The maximum absolute atomic E-state index is 10.4. The summed E-state index contributed by atoms with van der Waals surface area (Å²) in [6, 6.07) is 0.236. The fourth-order valence-electron chi connectivity index (χ4n) is 0.750. The number of rotatable bonds is 0. The van der Waals surface area contributed by atoms with E-state index in [1.54, 1.807) is 6.21 Å². The molecule has 1 heterocycles. The van der Waals surface area contributed by atoms with Gasteiger partial charge in [0.25, 0.3) is 0 Å². The van der Waals surface area contributed by atoms with Gasteiger partial charge in [0.05, 0.1) is 0 Å². The van der Waals surface area contributed by atoms with Crippen LogP contribution in [0.3, 0.4) is 0 Å². The van der Waals surface area contributed by atoms with E-state index in [0.717, 1.165) is 17.6 Å². The van der Waals surface area contributed by atoms with Gasteiger partial charge in [-0.25, -0.2) is 4.74 Å². The minimum Gasteiger partial charge on any atom is -0.624 e. The van der Waals surface area contributed by atoms with E-state index in [1.165, 1.54) is 0 Å². The Hall–Kier alpha value is -0.530. The van der Waals surface area contributed by atoms with E-state index < -0.39 is 0 Å². The highest BCUT2D eigenvalue weighted by atomic mass is 16.5. The van der Waals surface area contributed by atoms with Gasteiger partial charge in [0.15, 0.2) is 12.3 Å². The fraction of sp³-hybridized carbons (Fsp3) is 0.800. The molecule has 0 aromatic rings. The Bertz CT molecular complexity index is 98.3. The predicted molar refractivity (Wildman–Crippen MR) is 28.4 cm³/mol. The van der Waals surface area contributed by atoms with Crippen molar-refractivity contribution in [3.8, 4) is 0 Å². The van der Waals surface area contributed by atoms with Crippen molar-refractivity contribution in [3.63, 3.8) is 0 Å². The van der Waals surface area contributed by atoms with Crippen molar-refractivity contribution < 1.29 is 4.74 Å². The second-order valence-electron chi connectivity index (χ2n) is 1.97. The first-order chi connectivity index (χ1) is 3.30. The summed E-state index contributed by atoms with van der Waals surface area (Å²) in [6.45, 7) is 1.94. The molecule has 1 aliphatic rings. The summed E-state index contributed by atoms with van der Waals surface area (Å²) in [7, 11) is 0. The van der Waals surface area contributed by atoms with Crippen LogP contribution in [0.1, 0.15) is 19.8 Å². The van der Waals surface area contributed by atoms with Crippen molar-refractivity contribution in [2.75, 3.05) is 0 Å². The Morgan fingerprint density at radius 2 is 2.57 bits per heavy atom. The third kappa shape index (κ3) is 0.734. The third-order valence-electron chi connectivity index (χ3n) is 1.33. The molecule has 1 rings (SSSR count). The Morgan fingerprint density at radius 1 is 1.86 bits per heavy atom. The van der Waals surface area contributed by atoms with Crippen molar-refractivity contribution in [1.82, 2.24) is 0 Å². The van der Waals surface area contributed by atoms with Crippen LogP contribution in [-0.4, -0.2) is 17.0 Å². The van der Waals surface area contributed by atoms with Crippen molar-refractivity contribution in [2.45, 2.75) is 25.8 Å². The van der Waals surface area contributed by atoms with Crippen LogP contribution in [0.5, 0.6) is 0 Å². The molecule has 0 spiro atoms. The molecular formula is C5H9NO. The lowest BCUT2D eigenvalue weighted by molar-refractivity contribution is -0.483. The van der Waals surface area contributed by atoms with Crippen LogP contribution in [0.4, 0.5) is 0 Å². The third-order valence-corrected chi connectivity index (χ3v) is 1.33. The molecule has 0 fully saturated rings. The lowest BCUT2D eigenvalue weighted by Gasteiger charge is -2.01. The molecule has 1 atom stereocenters. The van der Waals surface area contributed by atoms with Crippen LogP contribution in [0, 0.1) is 5.21 Å². The first kappa shape index (κ1) is 4.62. The molecule has 0 amide bonds. The van der Waals surface area contributed by atoms with Gasteiger partial charge in [-0.1, -0.05) is 0 Å². The topological polar surface area (TPSA) is 26.1 Å². The lowest BCUT2D eigenvalue weighted by Crippen LogP contribution is -2.09. The summed E-state index contributed by atoms with van der Waals surface area (Å²) in [5.41, 5.74) is 0. The normalized spacial score (nSPS) is 30.4. The molecule has 7 heavy (non-hydrogen) atoms. The zero-order valence-corrected chi connectivity index (χ0v) is 4.42. The lowest BCUT2D eigenvalue weighted by atomic mass is 10.2. The molecule has 0 saturated heterocycles. The quantitative estimate of drug-likeness (QED) is 0.325. The summed E-state index contributed by atoms with van der Waals surface area (Å²) < 4.78 is 1.03. The Labute approximate surface area is 43.0 Å². The van der Waals surface area contributed by atoms with Gasteiger partial charge in [-0.2, -0.15) is 0 Å². The van der Waals surface area contributed by atoms with Gasteiger partial charge in [-0.15, -0.1) is 0 Å². The highest BCUT2D eigenvalue weighted by molar-refractivity contribution is 5.52. The minimum atomic E-state index is 0.236. The van der Waals surface area contributed by atoms with E-state index >= 15 is 0 Å². The van der Waals surface area contributed by atoms with Gasteiger partial charge < -0.3 is 5.21 Å². The van der Waals surface area contributed by atoms with Crippen LogP contribution in [0.25, 0.3) is 0 Å². The van der Waals surface area contributed by atoms with Crippen LogP contribution in [0.15, 0.2) is 0 Å². The molecule has 0 aromatic heterocycles. The van der Waals surface area contributed by atoms with E-state index in [2.05, 4.69) is 0 Å². The largest absolute Gasteiger partial charge is 0.624 e. The van der Waals surface area contributed by atoms with E-state index in [9.17, 15) is 5.21 Å². The molecule has 1 aliphatic heterocycles. The predicted octanol–water partition coefficient (Wildman–Crippen LogP) is 0.750. The molecule has 2 nitrogen and oxygen atoms in total. The smallest absolute Gasteiger partial charge is 0.160 e. The maximum Gasteiger partial charge on any atom is 0.160 e.